The molecule has 0 radical (unpaired) electrons. The summed E-state index contributed by atoms with van der Waals surface area (Å²) in [6.45, 7) is 0.972. The zero-order chi connectivity index (χ0) is 8.08. The maximum absolute atomic E-state index is 8.89. The van der Waals surface area contributed by atoms with Gasteiger partial charge in [0.2, 0.25) is 10.4 Å². The van der Waals surface area contributed by atoms with Crippen LogP contribution in [0, 0.1) is 0 Å². The van der Waals surface area contributed by atoms with Crippen LogP contribution in [-0.4, -0.2) is 46.5 Å². The molecule has 8 heteroatoms. The third-order valence-electron chi connectivity index (χ3n) is 0. The minimum absolute atomic E-state index is 0. The number of carbonyl (C=O) groups excluding carboxylic acids is 1. The monoisotopic (exact) mass is 180 g/mol. The topological polar surface area (TPSA) is 118 Å². The summed E-state index contributed by atoms with van der Waals surface area (Å²) < 4.78 is 32.8. The van der Waals surface area contributed by atoms with E-state index in [0.717, 1.165) is 6.92 Å². The molecule has 0 rings (SSSR count). The van der Waals surface area contributed by atoms with Gasteiger partial charge in [-0.05, 0) is 6.92 Å². The maximum Gasteiger partial charge on any atom is 2.00 e. The second-order valence-electron chi connectivity index (χ2n) is 0.919. The van der Waals surface area contributed by atoms with Gasteiger partial charge in [0.25, 0.3) is 0 Å². The van der Waals surface area contributed by atoms with Crippen molar-refractivity contribution in [2.45, 2.75) is 6.92 Å². The Hall–Kier alpha value is 0.106. The van der Waals surface area contributed by atoms with Crippen LogP contribution in [0.5, 0.6) is 0 Å². The van der Waals surface area contributed by atoms with Crippen molar-refractivity contribution in [1.29, 1.82) is 0 Å². The molecule has 0 bridgehead atoms. The molecule has 0 heterocycles. The van der Waals surface area contributed by atoms with Crippen molar-refractivity contribution in [1.82, 2.24) is 0 Å². The molecule has 0 aliphatic carbocycles. The third-order valence-corrected chi connectivity index (χ3v) is 0. The molecule has 0 unspecified atom stereocenters. The first-order valence-corrected chi connectivity index (χ1v) is 2.96. The maximum atomic E-state index is 8.89. The van der Waals surface area contributed by atoms with Crippen molar-refractivity contribution in [2.75, 3.05) is 0 Å². The smallest absolute Gasteiger partial charge is 0.726 e. The third kappa shape index (κ3) is 36300. The molecule has 0 aromatic rings. The van der Waals surface area contributed by atoms with E-state index in [1.165, 1.54) is 0 Å². The second-order valence-corrected chi connectivity index (χ2v) is 1.77. The Morgan fingerprint density at radius 3 is 1.50 bits per heavy atom. The molecule has 0 aliphatic heterocycles. The van der Waals surface area contributed by atoms with Crippen LogP contribution in [0.1, 0.15) is 6.92 Å². The van der Waals surface area contributed by atoms with E-state index >= 15 is 0 Å². The predicted octanol–water partition coefficient (Wildman–Crippen LogP) is -2.62. The molecular weight excluding hydrogens is 176 g/mol. The van der Waals surface area contributed by atoms with Gasteiger partial charge in [-0.3, -0.25) is 4.55 Å². The van der Waals surface area contributed by atoms with Crippen molar-refractivity contribution in [3.05, 3.63) is 0 Å². The summed E-state index contributed by atoms with van der Waals surface area (Å²) in [7, 11) is -4.92. The summed E-state index contributed by atoms with van der Waals surface area (Å²) in [5.41, 5.74) is 0. The van der Waals surface area contributed by atoms with E-state index in [9.17, 15) is 0 Å². The number of carbonyl (C=O) groups is 1. The molecule has 6 nitrogen and oxygen atoms in total. The van der Waals surface area contributed by atoms with Crippen LogP contribution < -0.4 is 5.11 Å². The fourth-order valence-corrected chi connectivity index (χ4v) is 0. The predicted molar refractivity (Wildman–Crippen MR) is 28.8 cm³/mol. The molecule has 10 heavy (non-hydrogen) atoms. The van der Waals surface area contributed by atoms with E-state index in [0.29, 0.717) is 0 Å². The molecule has 0 spiro atoms. The Balaban J connectivity index is -0.0000000910. The van der Waals surface area contributed by atoms with Crippen LogP contribution in [-0.2, 0) is 15.2 Å². The van der Waals surface area contributed by atoms with Crippen molar-refractivity contribution < 1.29 is 27.4 Å². The van der Waals surface area contributed by atoms with Crippen LogP contribution in [0.15, 0.2) is 0 Å². The summed E-state index contributed by atoms with van der Waals surface area (Å²) in [5, 5.41) is 8.89. The normalized spacial score (nSPS) is 8.30. The molecule has 0 aliphatic rings. The zero-order valence-electron chi connectivity index (χ0n) is 5.10. The fourth-order valence-electron chi connectivity index (χ4n) is 0. The Bertz CT molecular complexity index is 158. The van der Waals surface area contributed by atoms with Crippen LogP contribution in [0.2, 0.25) is 0 Å². The summed E-state index contributed by atoms with van der Waals surface area (Å²) in [5.74, 6) is -1.08. The van der Waals surface area contributed by atoms with E-state index in [1.807, 2.05) is 0 Å². The zero-order valence-corrected chi connectivity index (χ0v) is 7.33. The van der Waals surface area contributed by atoms with Gasteiger partial charge in [0.15, 0.2) is 0 Å². The van der Waals surface area contributed by atoms with Gasteiger partial charge in [-0.1, -0.05) is 0 Å². The van der Waals surface area contributed by atoms with Gasteiger partial charge in [0.05, 0.1) is 0 Å². The van der Waals surface area contributed by atoms with E-state index in [4.69, 9.17) is 27.4 Å². The van der Waals surface area contributed by atoms with Crippen molar-refractivity contribution in [3.8, 4) is 0 Å². The minimum Gasteiger partial charge on any atom is -0.726 e. The molecule has 0 amide bonds. The van der Waals surface area contributed by atoms with Gasteiger partial charge in [-0.15, -0.1) is 0 Å². The van der Waals surface area contributed by atoms with E-state index in [2.05, 4.69) is 0 Å². The second kappa shape index (κ2) is 7.22. The van der Waals surface area contributed by atoms with Crippen molar-refractivity contribution in [2.24, 2.45) is 0 Å². The van der Waals surface area contributed by atoms with Crippen LogP contribution >= 0.6 is 0 Å². The average Bonchev–Trinajstić information content (AvgIpc) is 1.19. The molecule has 0 fully saturated rings. The van der Waals surface area contributed by atoms with Gasteiger partial charge in [0, 0.05) is 5.97 Å². The number of aliphatic carboxylic acids is 1. The molecule has 0 aromatic heterocycles. The van der Waals surface area contributed by atoms with Crippen LogP contribution in [0.3, 0.4) is 0 Å². The van der Waals surface area contributed by atoms with Crippen LogP contribution in [0.4, 0.5) is 0 Å². The molecule has 56 valence electrons. The Labute approximate surface area is 74.0 Å². The van der Waals surface area contributed by atoms with Gasteiger partial charge < -0.3 is 14.5 Å². The Morgan fingerprint density at radius 1 is 1.50 bits per heavy atom. The van der Waals surface area contributed by atoms with E-state index in [1.54, 1.807) is 0 Å². The number of rotatable bonds is 0. The number of carboxylic acids is 1. The number of hydrogen-bond donors (Lipinski definition) is 1. The summed E-state index contributed by atoms with van der Waals surface area (Å²) in [6, 6.07) is 0. The largest absolute Gasteiger partial charge is 2.00 e. The molecule has 0 atom stereocenters. The minimum atomic E-state index is -4.92. The number of hydrogen-bond acceptors (Lipinski definition) is 5. The van der Waals surface area contributed by atoms with E-state index in [-0.39, 0.29) is 23.1 Å². The molecular formula is C2H4MgO6S. The van der Waals surface area contributed by atoms with Crippen molar-refractivity contribution >= 4 is 39.4 Å². The average molecular weight is 180 g/mol. The molecule has 0 saturated heterocycles. The van der Waals surface area contributed by atoms with Gasteiger partial charge >= 0.3 is 23.1 Å². The van der Waals surface area contributed by atoms with Gasteiger partial charge in [-0.25, -0.2) is 8.42 Å². The quantitative estimate of drug-likeness (QED) is 0.248. The van der Waals surface area contributed by atoms with Gasteiger partial charge in [0.1, 0.15) is 0 Å². The number of carboxylic acid groups (broad SMARTS) is 1. The first-order valence-electron chi connectivity index (χ1n) is 1.59. The Morgan fingerprint density at radius 2 is 1.50 bits per heavy atom. The Kier molecular flexibility index (Phi) is 12.0. The summed E-state index contributed by atoms with van der Waals surface area (Å²) in [4.78, 5) is 8.89. The van der Waals surface area contributed by atoms with E-state index < -0.39 is 16.4 Å². The van der Waals surface area contributed by atoms with Crippen LogP contribution in [0.25, 0.3) is 0 Å². The molecule has 0 saturated carbocycles. The van der Waals surface area contributed by atoms with Crippen molar-refractivity contribution in [3.63, 3.8) is 0 Å². The fraction of sp³-hybridized carbons (Fsp3) is 0.500. The standard InChI is InChI=1S/C2H4O2.Mg.H2O4S/c1-2(3)4;;1-5(2,3)4/h1H3,(H,3,4);;(H2,1,2,3,4)/q;+2;/p-2. The SMILES string of the molecule is CC(=O)[O-].O=S(=O)([O-])O.[Mg+2]. The van der Waals surface area contributed by atoms with Gasteiger partial charge in [-0.2, -0.15) is 0 Å². The summed E-state index contributed by atoms with van der Waals surface area (Å²) >= 11 is 0. The summed E-state index contributed by atoms with van der Waals surface area (Å²) in [6.07, 6.45) is 0. The first kappa shape index (κ1) is 16.6. The first-order chi connectivity index (χ1) is 3.73. The molecule has 1 N–H and O–H groups in total. The molecule has 0 aromatic carbocycles.